The van der Waals surface area contributed by atoms with Crippen molar-refractivity contribution in [3.63, 3.8) is 0 Å². The Morgan fingerprint density at radius 2 is 1.88 bits per heavy atom. The van der Waals surface area contributed by atoms with E-state index in [1.807, 2.05) is 38.1 Å². The Bertz CT molecular complexity index is 516. The summed E-state index contributed by atoms with van der Waals surface area (Å²) in [4.78, 5) is 16.0. The van der Waals surface area contributed by atoms with E-state index in [0.29, 0.717) is 12.8 Å². The van der Waals surface area contributed by atoms with Crippen molar-refractivity contribution in [1.82, 2.24) is 9.36 Å². The minimum Gasteiger partial charge on any atom is -0.299 e. The summed E-state index contributed by atoms with van der Waals surface area (Å²) in [5.74, 6) is 0.929. The third-order valence-electron chi connectivity index (χ3n) is 2.44. The predicted octanol–water partition coefficient (Wildman–Crippen LogP) is 2.51. The molecule has 0 spiro atoms. The molecule has 0 N–H and O–H groups in total. The molecule has 0 radical (unpaired) electrons. The lowest BCUT2D eigenvalue weighted by Gasteiger charge is -2.00. The minimum atomic E-state index is 0.185. The second kappa shape index (κ2) is 5.19. The lowest BCUT2D eigenvalue weighted by Crippen LogP contribution is -2.06. The van der Waals surface area contributed by atoms with E-state index in [1.165, 1.54) is 17.1 Å². The molecule has 3 nitrogen and oxygen atoms in total. The zero-order valence-electron chi connectivity index (χ0n) is 9.93. The molecule has 0 amide bonds. The Morgan fingerprint density at radius 3 is 2.47 bits per heavy atom. The van der Waals surface area contributed by atoms with Crippen molar-refractivity contribution in [1.29, 1.82) is 0 Å². The molecular weight excluding hydrogens is 232 g/mol. The maximum Gasteiger partial charge on any atom is 0.144 e. The van der Waals surface area contributed by atoms with Crippen molar-refractivity contribution in [3.05, 3.63) is 46.2 Å². The number of Topliss-reactive ketones (excluding diaryl/α,β-unsaturated/α-hetero) is 1. The van der Waals surface area contributed by atoms with E-state index in [1.54, 1.807) is 0 Å². The van der Waals surface area contributed by atoms with Crippen molar-refractivity contribution in [3.8, 4) is 0 Å². The molecule has 88 valence electrons. The molecule has 2 aromatic rings. The fourth-order valence-electron chi connectivity index (χ4n) is 1.58. The highest BCUT2D eigenvalue weighted by atomic mass is 32.1. The van der Waals surface area contributed by atoms with Gasteiger partial charge in [-0.3, -0.25) is 4.79 Å². The first-order valence-electron chi connectivity index (χ1n) is 5.50. The summed E-state index contributed by atoms with van der Waals surface area (Å²) in [7, 11) is 0. The lowest BCUT2D eigenvalue weighted by atomic mass is 10.1. The molecule has 0 fully saturated rings. The van der Waals surface area contributed by atoms with Crippen LogP contribution in [-0.2, 0) is 17.6 Å². The number of rotatable bonds is 4. The third kappa shape index (κ3) is 3.46. The SMILES string of the molecule is Cc1ccc(CC(=O)Cc2nc(C)ns2)cc1. The van der Waals surface area contributed by atoms with Gasteiger partial charge in [0, 0.05) is 6.42 Å². The third-order valence-corrected chi connectivity index (χ3v) is 3.24. The molecule has 1 heterocycles. The summed E-state index contributed by atoms with van der Waals surface area (Å²) >= 11 is 1.31. The number of aryl methyl sites for hydroxylation is 2. The van der Waals surface area contributed by atoms with Gasteiger partial charge in [-0.1, -0.05) is 29.8 Å². The van der Waals surface area contributed by atoms with Crippen molar-refractivity contribution in [2.24, 2.45) is 0 Å². The maximum absolute atomic E-state index is 11.8. The summed E-state index contributed by atoms with van der Waals surface area (Å²) in [6, 6.07) is 8.05. The van der Waals surface area contributed by atoms with E-state index in [0.717, 1.165) is 16.4 Å². The number of hydrogen-bond donors (Lipinski definition) is 0. The van der Waals surface area contributed by atoms with E-state index >= 15 is 0 Å². The van der Waals surface area contributed by atoms with Crippen LogP contribution in [0.1, 0.15) is 22.0 Å². The largest absolute Gasteiger partial charge is 0.299 e. The lowest BCUT2D eigenvalue weighted by molar-refractivity contribution is -0.117. The molecular formula is C13H14N2OS. The van der Waals surface area contributed by atoms with E-state index in [-0.39, 0.29) is 5.78 Å². The van der Waals surface area contributed by atoms with Gasteiger partial charge in [-0.2, -0.15) is 4.37 Å². The summed E-state index contributed by atoms with van der Waals surface area (Å²) in [5, 5.41) is 0.805. The zero-order chi connectivity index (χ0) is 12.3. The van der Waals surface area contributed by atoms with E-state index in [4.69, 9.17) is 0 Å². The van der Waals surface area contributed by atoms with E-state index in [2.05, 4.69) is 9.36 Å². The Balaban J connectivity index is 1.95. The van der Waals surface area contributed by atoms with Gasteiger partial charge in [-0.25, -0.2) is 4.98 Å². The Morgan fingerprint density at radius 1 is 1.18 bits per heavy atom. The maximum atomic E-state index is 11.8. The first kappa shape index (κ1) is 11.9. The van der Waals surface area contributed by atoms with Crippen molar-refractivity contribution >= 4 is 17.3 Å². The quantitative estimate of drug-likeness (QED) is 0.832. The summed E-state index contributed by atoms with van der Waals surface area (Å²) < 4.78 is 4.07. The average molecular weight is 246 g/mol. The van der Waals surface area contributed by atoms with Crippen LogP contribution in [0.25, 0.3) is 0 Å². The standard InChI is InChI=1S/C13H14N2OS/c1-9-3-5-11(6-4-9)7-12(16)8-13-14-10(2)15-17-13/h3-6H,7-8H2,1-2H3. The molecule has 17 heavy (non-hydrogen) atoms. The van der Waals surface area contributed by atoms with E-state index < -0.39 is 0 Å². The fourth-order valence-corrected chi connectivity index (χ4v) is 2.25. The second-order valence-corrected chi connectivity index (χ2v) is 4.95. The van der Waals surface area contributed by atoms with Gasteiger partial charge in [0.15, 0.2) is 0 Å². The fraction of sp³-hybridized carbons (Fsp3) is 0.308. The van der Waals surface area contributed by atoms with Gasteiger partial charge >= 0.3 is 0 Å². The van der Waals surface area contributed by atoms with Crippen LogP contribution >= 0.6 is 11.5 Å². The highest BCUT2D eigenvalue weighted by molar-refractivity contribution is 7.05. The van der Waals surface area contributed by atoms with Crippen LogP contribution in [0.2, 0.25) is 0 Å². The molecule has 0 aliphatic carbocycles. The van der Waals surface area contributed by atoms with E-state index in [9.17, 15) is 4.79 Å². The Labute approximate surface area is 105 Å². The number of benzene rings is 1. The topological polar surface area (TPSA) is 42.9 Å². The molecule has 0 saturated heterocycles. The van der Waals surface area contributed by atoms with Crippen LogP contribution in [0.5, 0.6) is 0 Å². The van der Waals surface area contributed by atoms with Gasteiger partial charge in [-0.05, 0) is 30.9 Å². The number of carbonyl (C=O) groups excluding carboxylic acids is 1. The van der Waals surface area contributed by atoms with Crippen LogP contribution < -0.4 is 0 Å². The normalized spacial score (nSPS) is 10.5. The minimum absolute atomic E-state index is 0.185. The molecule has 0 aliphatic rings. The monoisotopic (exact) mass is 246 g/mol. The van der Waals surface area contributed by atoms with Crippen molar-refractivity contribution in [2.45, 2.75) is 26.7 Å². The van der Waals surface area contributed by atoms with Crippen LogP contribution in [-0.4, -0.2) is 15.1 Å². The van der Waals surface area contributed by atoms with Crippen molar-refractivity contribution in [2.75, 3.05) is 0 Å². The highest BCUT2D eigenvalue weighted by Gasteiger charge is 2.08. The zero-order valence-corrected chi connectivity index (χ0v) is 10.8. The highest BCUT2D eigenvalue weighted by Crippen LogP contribution is 2.09. The number of ketones is 1. The molecule has 1 aromatic heterocycles. The summed E-state index contributed by atoms with van der Waals surface area (Å²) in [5.41, 5.74) is 2.27. The van der Waals surface area contributed by atoms with Gasteiger partial charge in [0.1, 0.15) is 16.6 Å². The van der Waals surface area contributed by atoms with Gasteiger partial charge in [0.05, 0.1) is 6.42 Å². The van der Waals surface area contributed by atoms with Gasteiger partial charge in [-0.15, -0.1) is 0 Å². The first-order valence-corrected chi connectivity index (χ1v) is 6.27. The number of carbonyl (C=O) groups is 1. The molecule has 1 aromatic carbocycles. The summed E-state index contributed by atoms with van der Waals surface area (Å²) in [6.45, 7) is 3.88. The molecule has 0 saturated carbocycles. The first-order chi connectivity index (χ1) is 8.13. The molecule has 0 bridgehead atoms. The molecule has 0 atom stereocenters. The van der Waals surface area contributed by atoms with Gasteiger partial charge in [0.25, 0.3) is 0 Å². The Hall–Kier alpha value is -1.55. The van der Waals surface area contributed by atoms with Gasteiger partial charge < -0.3 is 0 Å². The van der Waals surface area contributed by atoms with Crippen LogP contribution in [0, 0.1) is 13.8 Å². The van der Waals surface area contributed by atoms with Crippen molar-refractivity contribution < 1.29 is 4.79 Å². The predicted molar refractivity (Wildman–Crippen MR) is 68.2 cm³/mol. The van der Waals surface area contributed by atoms with Crippen LogP contribution in [0.15, 0.2) is 24.3 Å². The molecule has 0 aliphatic heterocycles. The van der Waals surface area contributed by atoms with Gasteiger partial charge in [0.2, 0.25) is 0 Å². The number of nitrogens with zero attached hydrogens (tertiary/aromatic N) is 2. The van der Waals surface area contributed by atoms with Crippen LogP contribution in [0.3, 0.4) is 0 Å². The summed E-state index contributed by atoms with van der Waals surface area (Å²) in [6.07, 6.45) is 0.859. The molecule has 2 rings (SSSR count). The smallest absolute Gasteiger partial charge is 0.144 e. The number of aromatic nitrogens is 2. The van der Waals surface area contributed by atoms with Crippen LogP contribution in [0.4, 0.5) is 0 Å². The number of hydrogen-bond acceptors (Lipinski definition) is 4. The Kier molecular flexibility index (Phi) is 3.64. The second-order valence-electron chi connectivity index (χ2n) is 4.11. The average Bonchev–Trinajstić information content (AvgIpc) is 2.67. The molecule has 4 heteroatoms. The molecule has 0 unspecified atom stereocenters.